The number of aryl methyl sites for hydroxylation is 2. The summed E-state index contributed by atoms with van der Waals surface area (Å²) in [6.45, 7) is 14.7. The molecule has 0 radical (unpaired) electrons. The van der Waals surface area contributed by atoms with Crippen LogP contribution in [0.4, 0.5) is 0 Å². The molecule has 0 aromatic heterocycles. The summed E-state index contributed by atoms with van der Waals surface area (Å²) in [4.78, 5) is 25.9. The standard InChI is InChI=1S/C46H57O5PSi/c1-34-31-35(2)44(37(4)47)39(32-34)24-18-19-25-40(33-52-49-8)43(50-45(48)38-22-12-9-13-23-38)30-20-21-36(3)51-53(46(5,6)7,41-26-14-10-15-27-41)42-28-16-11-17-29-42/h9-18,20,22-24,26-32,36,40,43,52H,19,21,25,33H2,1-8H3/b24-18+,30-20-/t36-,40+,43?/m0/s1. The molecule has 4 aromatic carbocycles. The van der Waals surface area contributed by atoms with Crippen LogP contribution in [0, 0.1) is 19.8 Å². The molecule has 0 spiro atoms. The van der Waals surface area contributed by atoms with Crippen LogP contribution in [-0.2, 0) is 13.7 Å². The summed E-state index contributed by atoms with van der Waals surface area (Å²) >= 11 is 0. The third-order valence-corrected chi connectivity index (χ3v) is 15.8. The lowest BCUT2D eigenvalue weighted by molar-refractivity contribution is 0.0286. The quantitative estimate of drug-likeness (QED) is 0.0333. The smallest absolute Gasteiger partial charge is 0.338 e. The molecule has 0 bridgehead atoms. The first-order chi connectivity index (χ1) is 25.4. The van der Waals surface area contributed by atoms with Crippen molar-refractivity contribution in [2.45, 2.75) is 85.0 Å². The number of carbonyl (C=O) groups is 2. The van der Waals surface area contributed by atoms with Gasteiger partial charge in [-0.1, -0.05) is 136 Å². The SMILES string of the molecule is COPC[C@@H](CC/C=C/c1cc(C)cc(C)c1C(C)=O)C(/C=C\C[C@H](C)O[Si](c1ccccc1)(c1ccccc1)C(C)(C)C)OC(=O)c1ccccc1. The van der Waals surface area contributed by atoms with Crippen molar-refractivity contribution in [1.29, 1.82) is 0 Å². The molecule has 0 saturated heterocycles. The Labute approximate surface area is 320 Å². The number of hydrogen-bond donors (Lipinski definition) is 0. The van der Waals surface area contributed by atoms with E-state index >= 15 is 0 Å². The van der Waals surface area contributed by atoms with Crippen LogP contribution in [0.1, 0.15) is 91.3 Å². The van der Waals surface area contributed by atoms with E-state index in [2.05, 4.69) is 126 Å². The van der Waals surface area contributed by atoms with Gasteiger partial charge in [-0.3, -0.25) is 4.79 Å². The highest BCUT2D eigenvalue weighted by Crippen LogP contribution is 2.38. The summed E-state index contributed by atoms with van der Waals surface area (Å²) in [5.41, 5.74) is 4.33. The van der Waals surface area contributed by atoms with Gasteiger partial charge in [-0.2, -0.15) is 0 Å². The fourth-order valence-electron chi connectivity index (χ4n) is 7.21. The second-order valence-corrected chi connectivity index (χ2v) is 20.2. The van der Waals surface area contributed by atoms with Gasteiger partial charge < -0.3 is 13.7 Å². The van der Waals surface area contributed by atoms with E-state index in [9.17, 15) is 9.59 Å². The van der Waals surface area contributed by atoms with Crippen LogP contribution in [0.5, 0.6) is 0 Å². The molecule has 2 unspecified atom stereocenters. The molecule has 4 atom stereocenters. The van der Waals surface area contributed by atoms with Gasteiger partial charge in [0, 0.05) is 33.5 Å². The average Bonchev–Trinajstić information content (AvgIpc) is 3.13. The molecule has 4 aromatic rings. The van der Waals surface area contributed by atoms with Crippen LogP contribution in [0.25, 0.3) is 6.08 Å². The van der Waals surface area contributed by atoms with Gasteiger partial charge in [-0.25, -0.2) is 4.79 Å². The van der Waals surface area contributed by atoms with Gasteiger partial charge in [-0.05, 0) is 97.9 Å². The van der Waals surface area contributed by atoms with Crippen molar-refractivity contribution in [3.05, 3.63) is 149 Å². The van der Waals surface area contributed by atoms with Crippen molar-refractivity contribution in [2.24, 2.45) is 5.92 Å². The van der Waals surface area contributed by atoms with Gasteiger partial charge in [0.15, 0.2) is 5.78 Å². The molecule has 4 rings (SSSR count). The van der Waals surface area contributed by atoms with Gasteiger partial charge in [0.2, 0.25) is 0 Å². The van der Waals surface area contributed by atoms with Crippen molar-refractivity contribution >= 4 is 45.3 Å². The molecular formula is C46H57O5PSi. The molecule has 0 aliphatic rings. The van der Waals surface area contributed by atoms with E-state index in [4.69, 9.17) is 13.7 Å². The largest absolute Gasteiger partial charge is 0.454 e. The molecule has 0 aliphatic carbocycles. The molecule has 0 heterocycles. The Bertz CT molecular complexity index is 1780. The first-order valence-electron chi connectivity index (χ1n) is 18.6. The van der Waals surface area contributed by atoms with E-state index < -0.39 is 14.4 Å². The molecule has 0 saturated carbocycles. The first kappa shape index (κ1) is 41.8. The number of rotatable bonds is 18. The summed E-state index contributed by atoms with van der Waals surface area (Å²) in [6, 6.07) is 34.6. The monoisotopic (exact) mass is 748 g/mol. The number of esters is 1. The average molecular weight is 749 g/mol. The van der Waals surface area contributed by atoms with Crippen molar-refractivity contribution < 1.29 is 23.3 Å². The molecule has 0 aliphatic heterocycles. The Kier molecular flexibility index (Phi) is 15.7. The fourth-order valence-corrected chi connectivity index (χ4v) is 12.7. The molecule has 0 fully saturated rings. The molecular weight excluding hydrogens is 692 g/mol. The summed E-state index contributed by atoms with van der Waals surface area (Å²) in [6.07, 6.45) is 10.7. The Hall–Kier alpha value is -3.93. The third kappa shape index (κ3) is 11.3. The normalized spacial score (nSPS) is 14.2. The molecule has 53 heavy (non-hydrogen) atoms. The van der Waals surface area contributed by atoms with E-state index in [0.717, 1.165) is 41.3 Å². The highest BCUT2D eigenvalue weighted by atomic mass is 31.1. The Morgan fingerprint density at radius 2 is 1.43 bits per heavy atom. The van der Waals surface area contributed by atoms with Crippen LogP contribution < -0.4 is 10.4 Å². The number of Topliss-reactive ketones (excluding diaryl/α,β-unsaturated/α-hetero) is 1. The lowest BCUT2D eigenvalue weighted by Crippen LogP contribution is -2.67. The van der Waals surface area contributed by atoms with Crippen molar-refractivity contribution in [2.75, 3.05) is 13.3 Å². The number of ether oxygens (including phenoxy) is 1. The summed E-state index contributed by atoms with van der Waals surface area (Å²) < 4.78 is 19.2. The number of carbonyl (C=O) groups excluding carboxylic acids is 2. The summed E-state index contributed by atoms with van der Waals surface area (Å²) in [5.74, 6) is -0.270. The Morgan fingerprint density at radius 1 is 0.849 bits per heavy atom. The van der Waals surface area contributed by atoms with Crippen molar-refractivity contribution in [1.82, 2.24) is 0 Å². The predicted octanol–water partition coefficient (Wildman–Crippen LogP) is 10.3. The zero-order chi connectivity index (χ0) is 38.4. The maximum absolute atomic E-state index is 13.5. The number of benzene rings is 4. The molecule has 280 valence electrons. The molecule has 5 nitrogen and oxygen atoms in total. The topological polar surface area (TPSA) is 61.8 Å². The van der Waals surface area contributed by atoms with Crippen LogP contribution in [0.3, 0.4) is 0 Å². The Balaban J connectivity index is 1.60. The van der Waals surface area contributed by atoms with E-state index in [1.807, 2.05) is 31.2 Å². The van der Waals surface area contributed by atoms with Crippen molar-refractivity contribution in [3.63, 3.8) is 0 Å². The Morgan fingerprint density at radius 3 is 1.98 bits per heavy atom. The molecule has 0 amide bonds. The lowest BCUT2D eigenvalue weighted by atomic mass is 9.94. The van der Waals surface area contributed by atoms with Crippen LogP contribution in [-0.4, -0.2) is 45.5 Å². The number of allylic oxidation sites excluding steroid dienone is 1. The van der Waals surface area contributed by atoms with Crippen LogP contribution in [0.15, 0.2) is 121 Å². The zero-order valence-corrected chi connectivity index (χ0v) is 34.7. The molecule has 7 heteroatoms. The number of hydrogen-bond acceptors (Lipinski definition) is 5. The second-order valence-electron chi connectivity index (χ2n) is 14.9. The van der Waals surface area contributed by atoms with Crippen LogP contribution in [0.2, 0.25) is 5.04 Å². The minimum atomic E-state index is -2.73. The number of ketones is 1. The minimum Gasteiger partial charge on any atom is -0.454 e. The zero-order valence-electron chi connectivity index (χ0n) is 32.7. The van der Waals surface area contributed by atoms with Crippen molar-refractivity contribution in [3.8, 4) is 0 Å². The van der Waals surface area contributed by atoms with E-state index in [0.29, 0.717) is 12.0 Å². The summed E-state index contributed by atoms with van der Waals surface area (Å²) in [7, 11) is -0.751. The summed E-state index contributed by atoms with van der Waals surface area (Å²) in [5, 5.41) is 2.35. The maximum Gasteiger partial charge on any atom is 0.338 e. The first-order valence-corrected chi connectivity index (χ1v) is 21.7. The maximum atomic E-state index is 13.5. The van der Waals surface area contributed by atoms with Gasteiger partial charge in [0.1, 0.15) is 6.10 Å². The minimum absolute atomic E-state index is 0.0151. The van der Waals surface area contributed by atoms with Gasteiger partial charge in [0.25, 0.3) is 8.32 Å². The highest BCUT2D eigenvalue weighted by Gasteiger charge is 2.50. The van der Waals surface area contributed by atoms with Gasteiger partial charge in [-0.15, -0.1) is 0 Å². The van der Waals surface area contributed by atoms with Gasteiger partial charge >= 0.3 is 5.97 Å². The van der Waals surface area contributed by atoms with Gasteiger partial charge in [0.05, 0.1) is 5.56 Å². The predicted molar refractivity (Wildman–Crippen MR) is 225 cm³/mol. The third-order valence-electron chi connectivity index (χ3n) is 9.66. The van der Waals surface area contributed by atoms with Crippen LogP contribution >= 0.6 is 8.81 Å². The van der Waals surface area contributed by atoms with E-state index in [-0.39, 0.29) is 37.6 Å². The van der Waals surface area contributed by atoms with E-state index in [1.165, 1.54) is 10.4 Å². The fraction of sp³-hybridized carbons (Fsp3) is 0.348. The second kappa shape index (κ2) is 19.9. The highest BCUT2D eigenvalue weighted by molar-refractivity contribution is 7.32. The molecule has 0 N–H and O–H groups in total. The van der Waals surface area contributed by atoms with E-state index in [1.54, 1.807) is 26.2 Å². The lowest BCUT2D eigenvalue weighted by Gasteiger charge is -2.44.